The molecule has 3 fully saturated rings. The second-order valence-corrected chi connectivity index (χ2v) is 10.0. The maximum Gasteiger partial charge on any atom is 0.509 e. The Hall–Kier alpha value is -1.89. The van der Waals surface area contributed by atoms with Crippen LogP contribution in [-0.4, -0.2) is 46.4 Å². The van der Waals surface area contributed by atoms with Crippen molar-refractivity contribution in [2.75, 3.05) is 6.61 Å². The summed E-state index contributed by atoms with van der Waals surface area (Å²) in [5.74, 6) is -0.883. The van der Waals surface area contributed by atoms with Gasteiger partial charge < -0.3 is 19.7 Å². The monoisotopic (exact) mass is 420 g/mol. The maximum absolute atomic E-state index is 12.5. The van der Waals surface area contributed by atoms with Gasteiger partial charge in [0.25, 0.3) is 0 Å². The number of rotatable bonds is 3. The molecule has 7 heteroatoms. The SMILES string of the molecule is CCOC(=O)OC1(C(=O)O)CC[C@H]2[C@@H]3CCC4=CC(=O)CC[C@]4(C)[C@@H]3C(O)C[C@@]21C. The molecule has 4 aliphatic rings. The topological polar surface area (TPSA) is 110 Å². The molecule has 2 unspecified atom stereocenters. The average molecular weight is 421 g/mol. The molecule has 7 nitrogen and oxygen atoms in total. The van der Waals surface area contributed by atoms with Crippen molar-refractivity contribution in [3.05, 3.63) is 11.6 Å². The number of fused-ring (bicyclic) bond motifs is 5. The van der Waals surface area contributed by atoms with Crippen LogP contribution in [0.4, 0.5) is 4.79 Å². The Labute approximate surface area is 176 Å². The number of allylic oxidation sites excluding steroid dienone is 1. The van der Waals surface area contributed by atoms with E-state index < -0.39 is 29.2 Å². The summed E-state index contributed by atoms with van der Waals surface area (Å²) in [6.45, 7) is 5.76. The Morgan fingerprint density at radius 3 is 2.60 bits per heavy atom. The summed E-state index contributed by atoms with van der Waals surface area (Å²) >= 11 is 0. The van der Waals surface area contributed by atoms with E-state index in [4.69, 9.17) is 9.47 Å². The third kappa shape index (κ3) is 2.77. The molecule has 166 valence electrons. The van der Waals surface area contributed by atoms with Crippen LogP contribution in [0.25, 0.3) is 0 Å². The largest absolute Gasteiger partial charge is 0.509 e. The molecular formula is C23H32O7. The molecule has 0 saturated heterocycles. The van der Waals surface area contributed by atoms with Gasteiger partial charge in [-0.1, -0.05) is 19.4 Å². The van der Waals surface area contributed by atoms with Crippen LogP contribution in [0, 0.1) is 28.6 Å². The van der Waals surface area contributed by atoms with Crippen LogP contribution in [0.5, 0.6) is 0 Å². The second kappa shape index (κ2) is 7.08. The van der Waals surface area contributed by atoms with Gasteiger partial charge in [-0.25, -0.2) is 9.59 Å². The summed E-state index contributed by atoms with van der Waals surface area (Å²) < 4.78 is 10.4. The van der Waals surface area contributed by atoms with Crippen molar-refractivity contribution in [3.8, 4) is 0 Å². The van der Waals surface area contributed by atoms with Gasteiger partial charge in [-0.05, 0) is 74.7 Å². The van der Waals surface area contributed by atoms with Crippen LogP contribution in [0.15, 0.2) is 11.6 Å². The molecule has 30 heavy (non-hydrogen) atoms. The van der Waals surface area contributed by atoms with Gasteiger partial charge in [-0.2, -0.15) is 0 Å². The van der Waals surface area contributed by atoms with E-state index >= 15 is 0 Å². The summed E-state index contributed by atoms with van der Waals surface area (Å²) in [5, 5.41) is 21.5. The van der Waals surface area contributed by atoms with E-state index in [-0.39, 0.29) is 48.4 Å². The van der Waals surface area contributed by atoms with E-state index in [1.165, 1.54) is 0 Å². The summed E-state index contributed by atoms with van der Waals surface area (Å²) in [6.07, 6.45) is 4.01. The minimum atomic E-state index is -1.70. The second-order valence-electron chi connectivity index (χ2n) is 10.0. The molecule has 7 atom stereocenters. The standard InChI is InChI=1S/C23H32O7/c1-4-29-20(28)30-23(19(26)27)10-8-16-15-6-5-13-11-14(24)7-9-21(13,2)18(15)17(25)12-22(16,23)3/h11,15-18,25H,4-10,12H2,1-3H3,(H,26,27)/t15-,16-,17?,18-,21-,22-,23?/m0/s1. The highest BCUT2D eigenvalue weighted by Crippen LogP contribution is 2.68. The van der Waals surface area contributed by atoms with Crippen molar-refractivity contribution in [3.63, 3.8) is 0 Å². The lowest BCUT2D eigenvalue weighted by Gasteiger charge is -2.60. The minimum Gasteiger partial charge on any atom is -0.478 e. The maximum atomic E-state index is 12.5. The van der Waals surface area contributed by atoms with Crippen LogP contribution in [0.3, 0.4) is 0 Å². The summed E-state index contributed by atoms with van der Waals surface area (Å²) in [5.41, 5.74) is -1.69. The summed E-state index contributed by atoms with van der Waals surface area (Å²) in [7, 11) is 0. The van der Waals surface area contributed by atoms with Crippen LogP contribution >= 0.6 is 0 Å². The van der Waals surface area contributed by atoms with Gasteiger partial charge >= 0.3 is 12.1 Å². The molecule has 0 aliphatic heterocycles. The number of ether oxygens (including phenoxy) is 2. The van der Waals surface area contributed by atoms with Crippen molar-refractivity contribution in [2.24, 2.45) is 28.6 Å². The Balaban J connectivity index is 1.71. The highest BCUT2D eigenvalue weighted by molar-refractivity contribution is 5.91. The number of carbonyl (C=O) groups excluding carboxylic acids is 2. The fourth-order valence-electron chi connectivity index (χ4n) is 7.53. The van der Waals surface area contributed by atoms with Crippen molar-refractivity contribution < 1.29 is 34.1 Å². The zero-order valence-electron chi connectivity index (χ0n) is 18.0. The Kier molecular flexibility index (Phi) is 5.03. The van der Waals surface area contributed by atoms with E-state index in [9.17, 15) is 24.6 Å². The first-order valence-corrected chi connectivity index (χ1v) is 11.1. The Morgan fingerprint density at radius 1 is 1.20 bits per heavy atom. The van der Waals surface area contributed by atoms with E-state index in [1.54, 1.807) is 13.0 Å². The molecule has 0 spiro atoms. The van der Waals surface area contributed by atoms with Crippen molar-refractivity contribution in [2.45, 2.75) is 77.4 Å². The van der Waals surface area contributed by atoms with E-state index in [2.05, 4.69) is 6.92 Å². The lowest BCUT2D eigenvalue weighted by Crippen LogP contribution is -2.62. The molecule has 4 aliphatic carbocycles. The smallest absolute Gasteiger partial charge is 0.478 e. The van der Waals surface area contributed by atoms with Gasteiger partial charge in [0, 0.05) is 11.8 Å². The van der Waals surface area contributed by atoms with Gasteiger partial charge in [-0.15, -0.1) is 0 Å². The lowest BCUT2D eigenvalue weighted by molar-refractivity contribution is -0.198. The zero-order valence-corrected chi connectivity index (χ0v) is 18.0. The first-order valence-electron chi connectivity index (χ1n) is 11.1. The molecule has 3 saturated carbocycles. The number of ketones is 1. The van der Waals surface area contributed by atoms with E-state index in [0.29, 0.717) is 12.8 Å². The first kappa shape index (κ1) is 21.3. The van der Waals surface area contributed by atoms with Crippen LogP contribution in [0.2, 0.25) is 0 Å². The molecule has 0 aromatic carbocycles. The van der Waals surface area contributed by atoms with Crippen molar-refractivity contribution >= 4 is 17.9 Å². The lowest BCUT2D eigenvalue weighted by atomic mass is 9.45. The number of aliphatic hydroxyl groups is 1. The van der Waals surface area contributed by atoms with Gasteiger partial charge in [0.05, 0.1) is 12.7 Å². The molecule has 0 bridgehead atoms. The first-order chi connectivity index (χ1) is 14.1. The number of carboxylic acids is 1. The number of aliphatic hydroxyl groups excluding tert-OH is 1. The Morgan fingerprint density at radius 2 is 1.93 bits per heavy atom. The predicted molar refractivity (Wildman–Crippen MR) is 107 cm³/mol. The highest BCUT2D eigenvalue weighted by atomic mass is 16.7. The third-order valence-corrected chi connectivity index (χ3v) is 8.88. The molecule has 0 heterocycles. The highest BCUT2D eigenvalue weighted by Gasteiger charge is 2.71. The number of aliphatic carboxylic acids is 1. The zero-order chi connectivity index (χ0) is 21.9. The van der Waals surface area contributed by atoms with Crippen LogP contribution in [0.1, 0.15) is 65.7 Å². The van der Waals surface area contributed by atoms with Gasteiger partial charge in [0.1, 0.15) is 0 Å². The normalized spacial score (nSPS) is 44.9. The van der Waals surface area contributed by atoms with Gasteiger partial charge in [0.2, 0.25) is 5.60 Å². The average Bonchev–Trinajstić information content (AvgIpc) is 2.95. The molecular weight excluding hydrogens is 388 g/mol. The third-order valence-electron chi connectivity index (χ3n) is 8.88. The van der Waals surface area contributed by atoms with Crippen molar-refractivity contribution in [1.29, 1.82) is 0 Å². The fraction of sp³-hybridized carbons (Fsp3) is 0.783. The summed E-state index contributed by atoms with van der Waals surface area (Å²) in [6, 6.07) is 0. The van der Waals surface area contributed by atoms with E-state index in [0.717, 1.165) is 24.8 Å². The number of hydrogen-bond acceptors (Lipinski definition) is 6. The van der Waals surface area contributed by atoms with Crippen molar-refractivity contribution in [1.82, 2.24) is 0 Å². The molecule has 0 radical (unpaired) electrons. The molecule has 0 amide bonds. The van der Waals surface area contributed by atoms with Crippen LogP contribution in [-0.2, 0) is 19.1 Å². The quantitative estimate of drug-likeness (QED) is 0.673. The fourth-order valence-corrected chi connectivity index (χ4v) is 7.53. The Bertz CT molecular complexity index is 803. The molecule has 4 rings (SSSR count). The number of carboxylic acid groups (broad SMARTS) is 1. The van der Waals surface area contributed by atoms with E-state index in [1.807, 2.05) is 6.92 Å². The summed E-state index contributed by atoms with van der Waals surface area (Å²) in [4.78, 5) is 36.6. The predicted octanol–water partition coefficient (Wildman–Crippen LogP) is 3.49. The van der Waals surface area contributed by atoms with Gasteiger partial charge in [0.15, 0.2) is 5.78 Å². The minimum absolute atomic E-state index is 0.0177. The molecule has 2 N–H and O–H groups in total. The van der Waals surface area contributed by atoms with Gasteiger partial charge in [-0.3, -0.25) is 4.79 Å². The molecule has 0 aromatic heterocycles. The number of carbonyl (C=O) groups is 3. The molecule has 0 aromatic rings. The number of hydrogen-bond donors (Lipinski definition) is 2. The van der Waals surface area contributed by atoms with Crippen LogP contribution < -0.4 is 0 Å².